The number of allylic oxidation sites excluding steroid dienone is 2. The highest BCUT2D eigenvalue weighted by atomic mass is 15.2. The van der Waals surface area contributed by atoms with E-state index in [2.05, 4.69) is 153 Å². The summed E-state index contributed by atoms with van der Waals surface area (Å²) in [6.45, 7) is 9.52. The minimum absolute atomic E-state index is 0.106. The van der Waals surface area contributed by atoms with Crippen LogP contribution in [0.2, 0.25) is 0 Å². The lowest BCUT2D eigenvalue weighted by Crippen LogP contribution is -2.72. The maximum absolute atomic E-state index is 2.76. The van der Waals surface area contributed by atoms with Gasteiger partial charge in [0.1, 0.15) is 0 Å². The van der Waals surface area contributed by atoms with Gasteiger partial charge in [-0.1, -0.05) is 135 Å². The number of hydrogen-bond acceptors (Lipinski definition) is 2. The lowest BCUT2D eigenvalue weighted by molar-refractivity contribution is 0.886. The number of rotatable bonds is 0. The number of fused-ring (bicyclic) bond motifs is 14. The summed E-state index contributed by atoms with van der Waals surface area (Å²) < 4.78 is 0. The molecule has 6 aliphatic heterocycles. The average molecular weight is 804 g/mol. The van der Waals surface area contributed by atoms with E-state index in [4.69, 9.17) is 0 Å². The van der Waals surface area contributed by atoms with Gasteiger partial charge in [-0.05, 0) is 175 Å². The quantitative estimate of drug-likeness (QED) is 0.143. The molecule has 8 aliphatic rings. The zero-order chi connectivity index (χ0) is 41.6. The van der Waals surface area contributed by atoms with Gasteiger partial charge in [0.05, 0.1) is 0 Å². The summed E-state index contributed by atoms with van der Waals surface area (Å²) in [4.78, 5) is 5.49. The summed E-state index contributed by atoms with van der Waals surface area (Å²) >= 11 is 0. The summed E-state index contributed by atoms with van der Waals surface area (Å²) in [6, 6.07) is 47.0. The van der Waals surface area contributed by atoms with Gasteiger partial charge >= 0.3 is 0 Å². The summed E-state index contributed by atoms with van der Waals surface area (Å²) in [6.07, 6.45) is 9.97. The first-order valence-corrected chi connectivity index (χ1v) is 23.9. The van der Waals surface area contributed by atoms with Gasteiger partial charge < -0.3 is 9.80 Å². The molecule has 0 spiro atoms. The number of nitrogens with zero attached hydrogens (tertiary/aromatic N) is 2. The Morgan fingerprint density at radius 1 is 0.349 bits per heavy atom. The second-order valence-electron chi connectivity index (χ2n) is 20.3. The van der Waals surface area contributed by atoms with Crippen LogP contribution in [0.15, 0.2) is 126 Å². The van der Waals surface area contributed by atoms with Crippen molar-refractivity contribution in [3.8, 4) is 0 Å². The number of benzene rings is 7. The molecule has 63 heavy (non-hydrogen) atoms. The van der Waals surface area contributed by atoms with E-state index in [0.717, 1.165) is 0 Å². The van der Waals surface area contributed by atoms with Crippen molar-refractivity contribution in [2.24, 2.45) is 0 Å². The molecule has 0 amide bonds. The molecule has 2 saturated carbocycles. The van der Waals surface area contributed by atoms with Crippen LogP contribution in [0, 0.1) is 27.7 Å². The molecule has 0 unspecified atom stereocenters. The van der Waals surface area contributed by atoms with Crippen LogP contribution in [0.3, 0.4) is 0 Å². The van der Waals surface area contributed by atoms with Gasteiger partial charge in [-0.15, -0.1) is 0 Å². The van der Waals surface area contributed by atoms with Crippen molar-refractivity contribution in [1.29, 1.82) is 0 Å². The molecule has 298 valence electrons. The lowest BCUT2D eigenvalue weighted by Gasteiger charge is -2.52. The smallest absolute Gasteiger partial charge is 0.252 e. The number of anilines is 6. The second kappa shape index (κ2) is 12.3. The first-order chi connectivity index (χ1) is 30.9. The van der Waals surface area contributed by atoms with Crippen molar-refractivity contribution in [3.05, 3.63) is 171 Å². The monoisotopic (exact) mass is 804 g/mol. The summed E-state index contributed by atoms with van der Waals surface area (Å²) in [5.74, 6) is 0. The van der Waals surface area contributed by atoms with Gasteiger partial charge in [0.2, 0.25) is 13.4 Å². The fourth-order valence-corrected chi connectivity index (χ4v) is 14.3. The van der Waals surface area contributed by atoms with Crippen LogP contribution < -0.4 is 59.0 Å². The van der Waals surface area contributed by atoms with E-state index >= 15 is 0 Å². The Bertz CT molecular complexity index is 3150. The molecule has 7 aromatic carbocycles. The maximum atomic E-state index is 2.76. The summed E-state index contributed by atoms with van der Waals surface area (Å²) in [5, 5.41) is 0. The van der Waals surface area contributed by atoms with Crippen LogP contribution in [-0.2, 0) is 0 Å². The van der Waals surface area contributed by atoms with Crippen LogP contribution in [0.5, 0.6) is 0 Å². The van der Waals surface area contributed by atoms with Crippen LogP contribution in [-0.4, -0.2) is 20.1 Å². The van der Waals surface area contributed by atoms with Crippen molar-refractivity contribution >= 4 is 115 Å². The molecular weight excluding hydrogens is 757 g/mol. The summed E-state index contributed by atoms with van der Waals surface area (Å²) in [5.41, 5.74) is 39.1. The van der Waals surface area contributed by atoms with E-state index in [9.17, 15) is 0 Å². The molecular formula is C58H47B3N2. The first kappa shape index (κ1) is 35.3. The normalized spacial score (nSPS) is 17.4. The Morgan fingerprint density at radius 2 is 0.762 bits per heavy atom. The van der Waals surface area contributed by atoms with Crippen molar-refractivity contribution in [3.63, 3.8) is 0 Å². The third kappa shape index (κ3) is 4.39. The highest BCUT2D eigenvalue weighted by Gasteiger charge is 2.54. The molecule has 2 fully saturated rings. The van der Waals surface area contributed by atoms with Gasteiger partial charge in [-0.25, -0.2) is 0 Å². The molecule has 0 aromatic heterocycles. The van der Waals surface area contributed by atoms with Gasteiger partial charge in [-0.3, -0.25) is 0 Å². The van der Waals surface area contributed by atoms with E-state index in [1.165, 1.54) is 190 Å². The third-order valence-corrected chi connectivity index (χ3v) is 16.7. The Balaban J connectivity index is 1.13. The molecule has 0 atom stereocenters. The van der Waals surface area contributed by atoms with Gasteiger partial charge in [0.15, 0.2) is 0 Å². The fourth-order valence-electron chi connectivity index (χ4n) is 14.3. The largest absolute Gasteiger partial charge is 0.312 e. The van der Waals surface area contributed by atoms with Crippen LogP contribution in [0.25, 0.3) is 11.1 Å². The van der Waals surface area contributed by atoms with Crippen LogP contribution in [0.1, 0.15) is 95.9 Å². The molecule has 0 bridgehead atoms. The van der Waals surface area contributed by atoms with E-state index < -0.39 is 0 Å². The van der Waals surface area contributed by atoms with Crippen LogP contribution in [0.4, 0.5) is 34.1 Å². The number of aryl methyl sites for hydroxylation is 4. The average Bonchev–Trinajstić information content (AvgIpc) is 4.03. The Hall–Kier alpha value is -6.19. The predicted octanol–water partition coefficient (Wildman–Crippen LogP) is 8.04. The maximum Gasteiger partial charge on any atom is 0.252 e. The first-order valence-electron chi connectivity index (χ1n) is 23.9. The van der Waals surface area contributed by atoms with Crippen molar-refractivity contribution < 1.29 is 0 Å². The minimum Gasteiger partial charge on any atom is -0.312 e. The number of hydrogen-bond donors (Lipinski definition) is 0. The molecule has 15 rings (SSSR count). The Morgan fingerprint density at radius 3 is 1.22 bits per heavy atom. The van der Waals surface area contributed by atoms with E-state index in [1.807, 2.05) is 0 Å². The van der Waals surface area contributed by atoms with Crippen LogP contribution >= 0.6 is 0 Å². The Labute approximate surface area is 372 Å². The van der Waals surface area contributed by atoms with E-state index in [1.54, 1.807) is 11.1 Å². The highest BCUT2D eigenvalue weighted by molar-refractivity contribution is 7.07. The standard InChI is InChI=1S/C58H47B3N2/c1-32-19-23-42-40(27-32)52(36-11-5-6-12-36)38-15-9-17-50-54(38)59(42)46-31-47-58-56-57(46)62(50)48-25-21-34(3)29-44(48)61(56)45-30-35(4)22-26-49(45)63(58)51-18-10-16-39-53(37-13-7-8-14-37)41-28-33(2)20-24-43(41)60(47)55(39)51/h9-10,15-31H,5-8,11-14H2,1-4H3. The van der Waals surface area contributed by atoms with Gasteiger partial charge in [0.25, 0.3) is 6.71 Å². The highest BCUT2D eigenvalue weighted by Crippen LogP contribution is 2.49. The van der Waals surface area contributed by atoms with E-state index in [0.29, 0.717) is 0 Å². The van der Waals surface area contributed by atoms with Crippen molar-refractivity contribution in [2.75, 3.05) is 9.80 Å². The predicted molar refractivity (Wildman–Crippen MR) is 271 cm³/mol. The SMILES string of the molecule is Cc1ccc2c(c1)B1c3cc(C)ccc3N3c4cccc5c4B(c4ccc(C)cc4C5=C4CCCC4)c4cc5c(c1c43)N2c1cccc2c1B5c1ccc(C)cc1C2=C1CCCC1. The van der Waals surface area contributed by atoms with Gasteiger partial charge in [0, 0.05) is 34.1 Å². The zero-order valence-electron chi connectivity index (χ0n) is 36.8. The lowest BCUT2D eigenvalue weighted by atomic mass is 9.24. The molecule has 0 saturated heterocycles. The molecule has 0 radical (unpaired) electrons. The fraction of sp³-hybridized carbons (Fsp3) is 0.207. The Kier molecular flexibility index (Phi) is 6.89. The second-order valence-corrected chi connectivity index (χ2v) is 20.3. The third-order valence-electron chi connectivity index (χ3n) is 16.7. The van der Waals surface area contributed by atoms with Crippen molar-refractivity contribution in [1.82, 2.24) is 0 Å². The molecule has 2 aliphatic carbocycles. The summed E-state index contributed by atoms with van der Waals surface area (Å²) in [7, 11) is 0. The zero-order valence-corrected chi connectivity index (χ0v) is 36.8. The van der Waals surface area contributed by atoms with Gasteiger partial charge in [-0.2, -0.15) is 0 Å². The molecule has 7 aromatic rings. The molecule has 5 heteroatoms. The van der Waals surface area contributed by atoms with E-state index in [-0.39, 0.29) is 20.1 Å². The topological polar surface area (TPSA) is 6.48 Å². The molecule has 2 nitrogen and oxygen atoms in total. The molecule has 6 heterocycles. The van der Waals surface area contributed by atoms with Crippen molar-refractivity contribution in [2.45, 2.75) is 79.1 Å². The minimum atomic E-state index is 0.106. The molecule has 0 N–H and O–H groups in total.